The number of anilines is 1. The van der Waals surface area contributed by atoms with Crippen molar-refractivity contribution in [3.8, 4) is 11.6 Å². The molecule has 0 saturated carbocycles. The minimum absolute atomic E-state index is 0.192. The van der Waals surface area contributed by atoms with E-state index in [2.05, 4.69) is 22.3 Å². The number of carbonyl (C=O) groups is 1. The summed E-state index contributed by atoms with van der Waals surface area (Å²) in [5, 5.41) is 7.20. The number of benzene rings is 3. The highest BCUT2D eigenvalue weighted by molar-refractivity contribution is 5.90. The predicted octanol–water partition coefficient (Wildman–Crippen LogP) is 4.35. The van der Waals surface area contributed by atoms with Gasteiger partial charge in [0.15, 0.2) is 0 Å². The molecule has 8 nitrogen and oxygen atoms in total. The van der Waals surface area contributed by atoms with Crippen LogP contribution in [0.4, 0.5) is 5.69 Å². The fourth-order valence-electron chi connectivity index (χ4n) is 3.72. The first-order chi connectivity index (χ1) is 16.5. The standard InChI is InChI=1S/C26H23N5O3/c1-3-18-10-14-20(15-11-18)34-25-24-29-30(16-23(32)27-19-12-8-17(2)9-13-19)26(33)31(24)22-7-5-4-6-21(22)28-25/h4-15H,3,16H2,1-2H3,(H,27,32). The second kappa shape index (κ2) is 8.82. The molecular formula is C26H23N5O3. The molecule has 8 heteroatoms. The highest BCUT2D eigenvalue weighted by Crippen LogP contribution is 2.26. The fraction of sp³-hybridized carbons (Fsp3) is 0.154. The molecule has 0 unspecified atom stereocenters. The Morgan fingerprint density at radius 1 is 1.00 bits per heavy atom. The van der Waals surface area contributed by atoms with Gasteiger partial charge in [-0.3, -0.25) is 4.79 Å². The smallest absolute Gasteiger partial charge is 0.351 e. The van der Waals surface area contributed by atoms with Crippen LogP contribution >= 0.6 is 0 Å². The molecule has 0 atom stereocenters. The summed E-state index contributed by atoms with van der Waals surface area (Å²) in [4.78, 5) is 30.5. The van der Waals surface area contributed by atoms with Gasteiger partial charge < -0.3 is 10.1 Å². The number of hydrogen-bond donors (Lipinski definition) is 1. The number of carbonyl (C=O) groups excluding carboxylic acids is 1. The lowest BCUT2D eigenvalue weighted by Gasteiger charge is -2.08. The van der Waals surface area contributed by atoms with Crippen LogP contribution in [-0.4, -0.2) is 25.1 Å². The van der Waals surface area contributed by atoms with Crippen LogP contribution in [0.2, 0.25) is 0 Å². The van der Waals surface area contributed by atoms with Gasteiger partial charge in [0.1, 0.15) is 12.3 Å². The maximum atomic E-state index is 13.3. The predicted molar refractivity (Wildman–Crippen MR) is 130 cm³/mol. The maximum absolute atomic E-state index is 13.3. The first-order valence-corrected chi connectivity index (χ1v) is 11.0. The number of rotatable bonds is 6. The molecule has 0 aliphatic rings. The molecule has 0 aliphatic heterocycles. The molecule has 0 fully saturated rings. The molecule has 1 amide bonds. The summed E-state index contributed by atoms with van der Waals surface area (Å²) in [6, 6.07) is 22.4. The van der Waals surface area contributed by atoms with Crippen molar-refractivity contribution in [1.82, 2.24) is 19.2 Å². The largest absolute Gasteiger partial charge is 0.436 e. The van der Waals surface area contributed by atoms with Gasteiger partial charge in [-0.1, -0.05) is 48.9 Å². The van der Waals surface area contributed by atoms with Crippen LogP contribution < -0.4 is 15.7 Å². The summed E-state index contributed by atoms with van der Waals surface area (Å²) in [6.45, 7) is 3.81. The molecule has 2 heterocycles. The van der Waals surface area contributed by atoms with E-state index in [0.717, 1.165) is 16.7 Å². The molecule has 3 aromatic carbocycles. The molecule has 2 aromatic heterocycles. The van der Waals surface area contributed by atoms with E-state index < -0.39 is 5.69 Å². The van der Waals surface area contributed by atoms with E-state index >= 15 is 0 Å². The average Bonchev–Trinajstić information content (AvgIpc) is 3.17. The third-order valence-corrected chi connectivity index (χ3v) is 5.55. The zero-order chi connectivity index (χ0) is 23.7. The number of aryl methyl sites for hydroxylation is 2. The summed E-state index contributed by atoms with van der Waals surface area (Å²) in [6.07, 6.45) is 0.920. The maximum Gasteiger partial charge on any atom is 0.351 e. The Bertz CT molecular complexity index is 1550. The first kappa shape index (κ1) is 21.4. The van der Waals surface area contributed by atoms with E-state index in [1.807, 2.05) is 67.6 Å². The Kier molecular flexibility index (Phi) is 5.55. The van der Waals surface area contributed by atoms with Gasteiger partial charge in [0.2, 0.25) is 11.6 Å². The van der Waals surface area contributed by atoms with Crippen LogP contribution in [0.5, 0.6) is 11.6 Å². The van der Waals surface area contributed by atoms with Crippen LogP contribution in [0.15, 0.2) is 77.6 Å². The molecule has 0 radical (unpaired) electrons. The van der Waals surface area contributed by atoms with Crippen molar-refractivity contribution < 1.29 is 9.53 Å². The van der Waals surface area contributed by atoms with E-state index in [9.17, 15) is 9.59 Å². The molecule has 34 heavy (non-hydrogen) atoms. The number of hydrogen-bond acceptors (Lipinski definition) is 5. The molecule has 0 spiro atoms. The Balaban J connectivity index is 1.53. The van der Waals surface area contributed by atoms with Crippen molar-refractivity contribution >= 4 is 28.3 Å². The van der Waals surface area contributed by atoms with E-state index in [0.29, 0.717) is 22.5 Å². The minimum Gasteiger partial charge on any atom is -0.436 e. The molecule has 0 saturated heterocycles. The van der Waals surface area contributed by atoms with Crippen LogP contribution in [-0.2, 0) is 17.8 Å². The number of fused-ring (bicyclic) bond motifs is 3. The van der Waals surface area contributed by atoms with Gasteiger partial charge in [-0.15, -0.1) is 5.10 Å². The van der Waals surface area contributed by atoms with Gasteiger partial charge in [-0.25, -0.2) is 18.9 Å². The molecule has 170 valence electrons. The first-order valence-electron chi connectivity index (χ1n) is 11.0. The number of aromatic nitrogens is 4. The number of amides is 1. The molecule has 5 rings (SSSR count). The second-order valence-electron chi connectivity index (χ2n) is 8.02. The van der Waals surface area contributed by atoms with Crippen LogP contribution in [0.25, 0.3) is 16.7 Å². The number of ether oxygens (including phenoxy) is 1. The monoisotopic (exact) mass is 453 g/mol. The molecule has 5 aromatic rings. The van der Waals surface area contributed by atoms with Crippen molar-refractivity contribution in [2.24, 2.45) is 0 Å². The molecular weight excluding hydrogens is 430 g/mol. The zero-order valence-corrected chi connectivity index (χ0v) is 18.9. The van der Waals surface area contributed by atoms with Crippen LogP contribution in [0, 0.1) is 6.92 Å². The molecule has 0 aliphatic carbocycles. The van der Waals surface area contributed by atoms with Gasteiger partial charge >= 0.3 is 5.69 Å². The lowest BCUT2D eigenvalue weighted by Crippen LogP contribution is -2.28. The van der Waals surface area contributed by atoms with Crippen LogP contribution in [0.3, 0.4) is 0 Å². The SMILES string of the molecule is CCc1ccc(Oc2nc3ccccc3n3c(=O)n(CC(=O)Nc4ccc(C)cc4)nc23)cc1. The Morgan fingerprint density at radius 2 is 1.74 bits per heavy atom. The Morgan fingerprint density at radius 3 is 2.47 bits per heavy atom. The topological polar surface area (TPSA) is 90.5 Å². The van der Waals surface area contributed by atoms with Gasteiger partial charge in [-0.2, -0.15) is 0 Å². The quantitative estimate of drug-likeness (QED) is 0.413. The van der Waals surface area contributed by atoms with Gasteiger partial charge in [0.05, 0.1) is 11.0 Å². The number of nitrogens with zero attached hydrogens (tertiary/aromatic N) is 4. The summed E-state index contributed by atoms with van der Waals surface area (Å²) in [5.41, 5.74) is 3.89. The van der Waals surface area contributed by atoms with E-state index in [1.54, 1.807) is 12.1 Å². The number of nitrogens with one attached hydrogen (secondary N) is 1. The highest BCUT2D eigenvalue weighted by atomic mass is 16.5. The Labute approximate surface area is 195 Å². The number of para-hydroxylation sites is 2. The highest BCUT2D eigenvalue weighted by Gasteiger charge is 2.19. The lowest BCUT2D eigenvalue weighted by atomic mass is 10.2. The summed E-state index contributed by atoms with van der Waals surface area (Å²) >= 11 is 0. The average molecular weight is 454 g/mol. The van der Waals surface area contributed by atoms with E-state index in [4.69, 9.17) is 4.74 Å². The summed E-state index contributed by atoms with van der Waals surface area (Å²) in [5.74, 6) is 0.419. The Hall–Kier alpha value is -4.46. The third-order valence-electron chi connectivity index (χ3n) is 5.55. The summed E-state index contributed by atoms with van der Waals surface area (Å²) < 4.78 is 8.59. The fourth-order valence-corrected chi connectivity index (χ4v) is 3.72. The molecule has 0 bridgehead atoms. The van der Waals surface area contributed by atoms with Gasteiger partial charge in [0.25, 0.3) is 5.88 Å². The van der Waals surface area contributed by atoms with Crippen molar-refractivity contribution in [1.29, 1.82) is 0 Å². The summed E-state index contributed by atoms with van der Waals surface area (Å²) in [7, 11) is 0. The van der Waals surface area contributed by atoms with Crippen molar-refractivity contribution in [2.45, 2.75) is 26.8 Å². The van der Waals surface area contributed by atoms with Crippen LogP contribution in [0.1, 0.15) is 18.1 Å². The van der Waals surface area contributed by atoms with E-state index in [1.165, 1.54) is 9.96 Å². The van der Waals surface area contributed by atoms with Crippen molar-refractivity contribution in [2.75, 3.05) is 5.32 Å². The zero-order valence-electron chi connectivity index (χ0n) is 18.9. The van der Waals surface area contributed by atoms with E-state index in [-0.39, 0.29) is 24.0 Å². The lowest BCUT2D eigenvalue weighted by molar-refractivity contribution is -0.117. The van der Waals surface area contributed by atoms with Crippen molar-refractivity contribution in [3.63, 3.8) is 0 Å². The van der Waals surface area contributed by atoms with Crippen molar-refractivity contribution in [3.05, 3.63) is 94.4 Å². The minimum atomic E-state index is -0.446. The second-order valence-corrected chi connectivity index (χ2v) is 8.02. The van der Waals surface area contributed by atoms with Gasteiger partial charge in [-0.05, 0) is 55.3 Å². The van der Waals surface area contributed by atoms with Gasteiger partial charge in [0, 0.05) is 5.69 Å². The normalized spacial score (nSPS) is 11.1. The third kappa shape index (κ3) is 4.13. The molecule has 1 N–H and O–H groups in total.